The van der Waals surface area contributed by atoms with Crippen molar-refractivity contribution in [2.75, 3.05) is 6.54 Å². The van der Waals surface area contributed by atoms with Crippen LogP contribution in [0.5, 0.6) is 11.5 Å². The molecule has 3 N–H and O–H groups in total. The number of hydrogen-bond acceptors (Lipinski definition) is 3. The summed E-state index contributed by atoms with van der Waals surface area (Å²) in [5.74, 6) is -0.675. The molecule has 4 heteroatoms. The molecule has 19 heavy (non-hydrogen) atoms. The van der Waals surface area contributed by atoms with E-state index in [1.165, 1.54) is 43.9 Å². The van der Waals surface area contributed by atoms with Crippen LogP contribution >= 0.6 is 0 Å². The number of amides is 1. The van der Waals surface area contributed by atoms with Crippen LogP contribution in [0.1, 0.15) is 49.4 Å². The second kappa shape index (κ2) is 5.51. The first kappa shape index (κ1) is 13.7. The molecule has 0 saturated heterocycles. The summed E-state index contributed by atoms with van der Waals surface area (Å²) in [5.41, 5.74) is 0.619. The lowest BCUT2D eigenvalue weighted by molar-refractivity contribution is 0.0928. The smallest absolute Gasteiger partial charge is 0.251 e. The van der Waals surface area contributed by atoms with Gasteiger partial charge < -0.3 is 15.5 Å². The quantitative estimate of drug-likeness (QED) is 0.732. The fraction of sp³-hybridized carbons (Fsp3) is 0.533. The molecule has 1 aliphatic carbocycles. The van der Waals surface area contributed by atoms with Crippen molar-refractivity contribution in [3.8, 4) is 11.5 Å². The molecule has 0 atom stereocenters. The van der Waals surface area contributed by atoms with Crippen molar-refractivity contribution in [1.29, 1.82) is 0 Å². The van der Waals surface area contributed by atoms with Crippen LogP contribution in [-0.4, -0.2) is 22.7 Å². The fourth-order valence-electron chi connectivity index (χ4n) is 2.81. The van der Waals surface area contributed by atoms with Gasteiger partial charge in [0.2, 0.25) is 0 Å². The van der Waals surface area contributed by atoms with Gasteiger partial charge in [-0.1, -0.05) is 19.8 Å². The zero-order valence-corrected chi connectivity index (χ0v) is 11.3. The standard InChI is InChI=1S/C15H21NO3/c1-2-15(7-3-4-8-15)10-16-14(19)11-5-6-12(17)13(18)9-11/h5-6,9,17-18H,2-4,7-8,10H2,1H3,(H,16,19). The molecule has 0 radical (unpaired) electrons. The lowest BCUT2D eigenvalue weighted by Gasteiger charge is -2.27. The number of aromatic hydroxyl groups is 2. The maximum absolute atomic E-state index is 12.0. The SMILES string of the molecule is CCC1(CNC(=O)c2ccc(O)c(O)c2)CCCC1. The summed E-state index contributed by atoms with van der Waals surface area (Å²) >= 11 is 0. The Morgan fingerprint density at radius 1 is 1.26 bits per heavy atom. The average Bonchev–Trinajstić information content (AvgIpc) is 2.89. The Hall–Kier alpha value is -1.71. The lowest BCUT2D eigenvalue weighted by atomic mass is 9.83. The van der Waals surface area contributed by atoms with Crippen LogP contribution in [0.3, 0.4) is 0 Å². The summed E-state index contributed by atoms with van der Waals surface area (Å²) < 4.78 is 0. The van der Waals surface area contributed by atoms with E-state index in [0.717, 1.165) is 6.42 Å². The molecule has 0 aliphatic heterocycles. The highest BCUT2D eigenvalue weighted by Crippen LogP contribution is 2.40. The number of benzene rings is 1. The summed E-state index contributed by atoms with van der Waals surface area (Å²) in [7, 11) is 0. The van der Waals surface area contributed by atoms with Gasteiger partial charge in [0.05, 0.1) is 0 Å². The summed E-state index contributed by atoms with van der Waals surface area (Å²) in [5, 5.41) is 21.6. The van der Waals surface area contributed by atoms with E-state index in [4.69, 9.17) is 0 Å². The first-order chi connectivity index (χ1) is 9.06. The van der Waals surface area contributed by atoms with E-state index < -0.39 is 0 Å². The van der Waals surface area contributed by atoms with Crippen molar-refractivity contribution in [3.05, 3.63) is 23.8 Å². The first-order valence-corrected chi connectivity index (χ1v) is 6.86. The van der Waals surface area contributed by atoms with Gasteiger partial charge in [-0.05, 0) is 42.9 Å². The molecule has 0 heterocycles. The van der Waals surface area contributed by atoms with E-state index in [9.17, 15) is 15.0 Å². The van der Waals surface area contributed by atoms with Crippen LogP contribution < -0.4 is 5.32 Å². The number of phenols is 2. The third-order valence-corrected chi connectivity index (χ3v) is 4.28. The Bertz CT molecular complexity index is 464. The normalized spacial score (nSPS) is 17.3. The van der Waals surface area contributed by atoms with E-state index in [0.29, 0.717) is 12.1 Å². The third-order valence-electron chi connectivity index (χ3n) is 4.28. The van der Waals surface area contributed by atoms with Crippen molar-refractivity contribution < 1.29 is 15.0 Å². The summed E-state index contributed by atoms with van der Waals surface area (Å²) in [6.45, 7) is 2.85. The molecule has 0 spiro atoms. The Morgan fingerprint density at radius 2 is 1.95 bits per heavy atom. The molecule has 1 amide bonds. The first-order valence-electron chi connectivity index (χ1n) is 6.86. The molecular formula is C15H21NO3. The van der Waals surface area contributed by atoms with E-state index in [1.807, 2.05) is 0 Å². The van der Waals surface area contributed by atoms with Gasteiger partial charge in [-0.15, -0.1) is 0 Å². The van der Waals surface area contributed by atoms with Crippen LogP contribution in [-0.2, 0) is 0 Å². The highest BCUT2D eigenvalue weighted by atomic mass is 16.3. The van der Waals surface area contributed by atoms with E-state index in [1.54, 1.807) is 0 Å². The largest absolute Gasteiger partial charge is 0.504 e. The van der Waals surface area contributed by atoms with Gasteiger partial charge in [0.15, 0.2) is 11.5 Å². The van der Waals surface area contributed by atoms with Crippen molar-refractivity contribution in [3.63, 3.8) is 0 Å². The van der Waals surface area contributed by atoms with Crippen molar-refractivity contribution in [1.82, 2.24) is 5.32 Å². The predicted molar refractivity (Wildman–Crippen MR) is 73.3 cm³/mol. The number of carbonyl (C=O) groups is 1. The number of carbonyl (C=O) groups excluding carboxylic acids is 1. The topological polar surface area (TPSA) is 69.6 Å². The fourth-order valence-corrected chi connectivity index (χ4v) is 2.81. The molecule has 0 aromatic heterocycles. The van der Waals surface area contributed by atoms with Gasteiger partial charge in [0.1, 0.15) is 0 Å². The number of hydrogen-bond donors (Lipinski definition) is 3. The second-order valence-corrected chi connectivity index (χ2v) is 5.45. The van der Waals surface area contributed by atoms with Gasteiger partial charge >= 0.3 is 0 Å². The maximum Gasteiger partial charge on any atom is 0.251 e. The minimum Gasteiger partial charge on any atom is -0.504 e. The van der Waals surface area contributed by atoms with Crippen molar-refractivity contribution >= 4 is 5.91 Å². The van der Waals surface area contributed by atoms with Crippen LogP contribution in [0, 0.1) is 5.41 Å². The molecule has 1 fully saturated rings. The summed E-state index contributed by atoms with van der Waals surface area (Å²) in [6.07, 6.45) is 5.90. The van der Waals surface area contributed by atoms with Gasteiger partial charge in [0.25, 0.3) is 5.91 Å². The van der Waals surface area contributed by atoms with E-state index >= 15 is 0 Å². The maximum atomic E-state index is 12.0. The zero-order chi connectivity index (χ0) is 13.9. The molecule has 1 saturated carbocycles. The van der Waals surface area contributed by atoms with Crippen LogP contribution in [0.15, 0.2) is 18.2 Å². The Balaban J connectivity index is 1.99. The highest BCUT2D eigenvalue weighted by molar-refractivity contribution is 5.94. The molecule has 0 bridgehead atoms. The van der Waals surface area contributed by atoms with Crippen LogP contribution in [0.2, 0.25) is 0 Å². The van der Waals surface area contributed by atoms with Gasteiger partial charge in [0, 0.05) is 12.1 Å². The third kappa shape index (κ3) is 3.00. The van der Waals surface area contributed by atoms with Gasteiger partial charge in [-0.2, -0.15) is 0 Å². The number of nitrogens with one attached hydrogen (secondary N) is 1. The minimum absolute atomic E-state index is 0.199. The van der Waals surface area contributed by atoms with E-state index in [-0.39, 0.29) is 22.8 Å². The molecule has 4 nitrogen and oxygen atoms in total. The van der Waals surface area contributed by atoms with Crippen LogP contribution in [0.25, 0.3) is 0 Å². The summed E-state index contributed by atoms with van der Waals surface area (Å²) in [6, 6.07) is 4.13. The Morgan fingerprint density at radius 3 is 2.53 bits per heavy atom. The minimum atomic E-state index is -0.265. The van der Waals surface area contributed by atoms with Gasteiger partial charge in [-0.25, -0.2) is 0 Å². The monoisotopic (exact) mass is 263 g/mol. The number of phenolic OH excluding ortho intramolecular Hbond substituents is 2. The predicted octanol–water partition coefficient (Wildman–Crippen LogP) is 2.80. The average molecular weight is 263 g/mol. The molecule has 1 aromatic rings. The Labute approximate surface area is 113 Å². The Kier molecular flexibility index (Phi) is 3.98. The van der Waals surface area contributed by atoms with Gasteiger partial charge in [-0.3, -0.25) is 4.79 Å². The highest BCUT2D eigenvalue weighted by Gasteiger charge is 2.32. The molecule has 104 valence electrons. The summed E-state index contributed by atoms with van der Waals surface area (Å²) in [4.78, 5) is 12.0. The molecule has 1 aromatic carbocycles. The molecule has 1 aliphatic rings. The molecular weight excluding hydrogens is 242 g/mol. The van der Waals surface area contributed by atoms with E-state index in [2.05, 4.69) is 12.2 Å². The molecule has 2 rings (SSSR count). The number of rotatable bonds is 4. The van der Waals surface area contributed by atoms with Crippen LogP contribution in [0.4, 0.5) is 0 Å². The lowest BCUT2D eigenvalue weighted by Crippen LogP contribution is -2.35. The zero-order valence-electron chi connectivity index (χ0n) is 11.3. The van der Waals surface area contributed by atoms with Crippen molar-refractivity contribution in [2.45, 2.75) is 39.0 Å². The van der Waals surface area contributed by atoms with Crippen molar-refractivity contribution in [2.24, 2.45) is 5.41 Å². The molecule has 0 unspecified atom stereocenters. The second-order valence-electron chi connectivity index (χ2n) is 5.45.